The van der Waals surface area contributed by atoms with Gasteiger partial charge in [-0.2, -0.15) is 0 Å². The highest BCUT2D eigenvalue weighted by atomic mass is 127. The first-order chi connectivity index (χ1) is 13.1. The minimum Gasteiger partial charge on any atom is -0.433 e. The molecule has 0 amide bonds. The number of nitrogens with zero attached hydrogens (tertiary/aromatic N) is 1. The van der Waals surface area contributed by atoms with Gasteiger partial charge in [-0.3, -0.25) is 4.90 Å². The summed E-state index contributed by atoms with van der Waals surface area (Å²) in [5.74, 6) is -0.331. The highest BCUT2D eigenvalue weighted by Crippen LogP contribution is 2.51. The molecule has 0 aliphatic carbocycles. The molecule has 2 aliphatic rings. The molecule has 3 nitrogen and oxygen atoms in total. The van der Waals surface area contributed by atoms with Gasteiger partial charge in [0, 0.05) is 14.2 Å². The molecule has 0 bridgehead atoms. The van der Waals surface area contributed by atoms with Crippen molar-refractivity contribution >= 4 is 55.1 Å². The summed E-state index contributed by atoms with van der Waals surface area (Å²) in [5.41, 5.74) is 5.41. The smallest absolute Gasteiger partial charge is 0.342 e. The van der Waals surface area contributed by atoms with Crippen molar-refractivity contribution in [3.63, 3.8) is 0 Å². The summed E-state index contributed by atoms with van der Waals surface area (Å²) < 4.78 is 7.00. The van der Waals surface area contributed by atoms with Crippen LogP contribution in [0.5, 0.6) is 0 Å². The Kier molecular flexibility index (Phi) is 3.98. The van der Waals surface area contributed by atoms with Crippen molar-refractivity contribution in [2.24, 2.45) is 0 Å². The molecule has 0 saturated heterocycles. The van der Waals surface area contributed by atoms with E-state index in [1.807, 2.05) is 42.5 Å². The molecule has 5 heteroatoms. The van der Waals surface area contributed by atoms with Gasteiger partial charge in [0.25, 0.3) is 0 Å². The van der Waals surface area contributed by atoms with Gasteiger partial charge in [0.15, 0.2) is 0 Å². The maximum absolute atomic E-state index is 12.7. The Hall–Kier alpha value is -2.31. The van der Waals surface area contributed by atoms with E-state index in [0.717, 1.165) is 31.7 Å². The Morgan fingerprint density at radius 1 is 0.926 bits per heavy atom. The molecule has 2 heterocycles. The van der Waals surface area contributed by atoms with Crippen LogP contribution in [-0.4, -0.2) is 5.97 Å². The molecule has 0 fully saturated rings. The molecule has 5 rings (SSSR count). The first kappa shape index (κ1) is 16.8. The Bertz CT molecular complexity index is 1110. The molecule has 0 saturated carbocycles. The van der Waals surface area contributed by atoms with E-state index < -0.39 is 6.23 Å². The molecule has 0 N–H and O–H groups in total. The van der Waals surface area contributed by atoms with E-state index in [2.05, 4.69) is 45.7 Å². The van der Waals surface area contributed by atoms with Crippen molar-refractivity contribution in [2.75, 3.05) is 4.90 Å². The number of hydrogen-bond acceptors (Lipinski definition) is 3. The topological polar surface area (TPSA) is 29.5 Å². The average Bonchev–Trinajstić information content (AvgIpc) is 2.70. The summed E-state index contributed by atoms with van der Waals surface area (Å²) in [6.07, 6.45) is -0.520. The molecular formula is C22H13ClINO2. The minimum absolute atomic E-state index is 0.331. The first-order valence-electron chi connectivity index (χ1n) is 8.49. The van der Waals surface area contributed by atoms with Crippen LogP contribution < -0.4 is 4.90 Å². The second-order valence-corrected chi connectivity index (χ2v) is 7.92. The number of benzene rings is 3. The minimum atomic E-state index is -0.520. The Morgan fingerprint density at radius 3 is 2.48 bits per heavy atom. The van der Waals surface area contributed by atoms with Crippen molar-refractivity contribution < 1.29 is 9.53 Å². The number of ether oxygens (including phenoxy) is 1. The predicted molar refractivity (Wildman–Crippen MR) is 116 cm³/mol. The van der Waals surface area contributed by atoms with Gasteiger partial charge in [0.2, 0.25) is 6.23 Å². The highest BCUT2D eigenvalue weighted by molar-refractivity contribution is 14.1. The van der Waals surface area contributed by atoms with Crippen molar-refractivity contribution in [3.05, 3.63) is 100 Å². The summed E-state index contributed by atoms with van der Waals surface area (Å²) in [5, 5.41) is 0.587. The quantitative estimate of drug-likeness (QED) is 0.300. The van der Waals surface area contributed by atoms with Gasteiger partial charge < -0.3 is 4.74 Å². The third kappa shape index (κ3) is 2.58. The first-order valence-corrected chi connectivity index (χ1v) is 9.95. The van der Waals surface area contributed by atoms with Crippen LogP contribution >= 0.6 is 34.2 Å². The largest absolute Gasteiger partial charge is 0.433 e. The van der Waals surface area contributed by atoms with Crippen molar-refractivity contribution in [3.8, 4) is 0 Å². The molecule has 132 valence electrons. The van der Waals surface area contributed by atoms with E-state index in [4.69, 9.17) is 16.3 Å². The summed E-state index contributed by atoms with van der Waals surface area (Å²) in [6, 6.07) is 23.5. The van der Waals surface area contributed by atoms with Gasteiger partial charge in [0.1, 0.15) is 0 Å². The number of hydrogen-bond donors (Lipinski definition) is 0. The lowest BCUT2D eigenvalue weighted by Crippen LogP contribution is -2.39. The van der Waals surface area contributed by atoms with Gasteiger partial charge >= 0.3 is 5.97 Å². The fourth-order valence-electron chi connectivity index (χ4n) is 3.67. The van der Waals surface area contributed by atoms with Crippen LogP contribution in [0.25, 0.3) is 9.28 Å². The third-order valence-electron chi connectivity index (χ3n) is 4.85. The van der Waals surface area contributed by atoms with Gasteiger partial charge in [-0.25, -0.2) is 4.79 Å². The van der Waals surface area contributed by atoms with Gasteiger partial charge in [-0.1, -0.05) is 66.2 Å². The fourth-order valence-corrected chi connectivity index (χ4v) is 4.90. The number of rotatable bonds is 1. The van der Waals surface area contributed by atoms with E-state index in [-0.39, 0.29) is 5.97 Å². The third-order valence-corrected chi connectivity index (χ3v) is 6.18. The summed E-state index contributed by atoms with van der Waals surface area (Å²) in [6.45, 7) is 0. The zero-order valence-corrected chi connectivity index (χ0v) is 16.9. The van der Waals surface area contributed by atoms with Crippen molar-refractivity contribution in [1.29, 1.82) is 0 Å². The molecule has 1 unspecified atom stereocenters. The maximum Gasteiger partial charge on any atom is 0.342 e. The van der Waals surface area contributed by atoms with E-state index in [1.54, 1.807) is 12.1 Å². The van der Waals surface area contributed by atoms with Gasteiger partial charge in [0.05, 0.1) is 16.9 Å². The number of carbonyl (C=O) groups is 1. The lowest BCUT2D eigenvalue weighted by atomic mass is 9.94. The van der Waals surface area contributed by atoms with Crippen LogP contribution in [-0.2, 0) is 4.74 Å². The number of carbonyl (C=O) groups excluding carboxylic acids is 1. The molecular weight excluding hydrogens is 473 g/mol. The second kappa shape index (κ2) is 6.39. The lowest BCUT2D eigenvalue weighted by Gasteiger charge is -2.43. The molecule has 3 aromatic carbocycles. The maximum atomic E-state index is 12.7. The number of fused-ring (bicyclic) bond motifs is 5. The van der Waals surface area contributed by atoms with Crippen LogP contribution in [0.2, 0.25) is 5.02 Å². The zero-order valence-electron chi connectivity index (χ0n) is 14.0. The molecule has 2 aliphatic heterocycles. The molecule has 1 atom stereocenters. The van der Waals surface area contributed by atoms with Crippen LogP contribution in [0.4, 0.5) is 5.69 Å². The number of esters is 1. The van der Waals surface area contributed by atoms with E-state index in [0.29, 0.717) is 10.6 Å². The molecule has 0 spiro atoms. The molecule has 0 aromatic heterocycles. The van der Waals surface area contributed by atoms with Crippen LogP contribution in [0.3, 0.4) is 0 Å². The Morgan fingerprint density at radius 2 is 1.67 bits per heavy atom. The van der Waals surface area contributed by atoms with E-state index in [1.165, 1.54) is 0 Å². The standard InChI is InChI=1S/C22H13ClINO2/c23-14-10-11-17-18(12-14)25-20(13-6-2-1-3-7-13)19(24)15-8-4-5-9-16(15)21(25)27-22(17)26/h1-12,21H. The monoisotopic (exact) mass is 485 g/mol. The Labute approximate surface area is 175 Å². The second-order valence-electron chi connectivity index (χ2n) is 6.41. The average molecular weight is 486 g/mol. The summed E-state index contributed by atoms with van der Waals surface area (Å²) in [7, 11) is 0. The predicted octanol–water partition coefficient (Wildman–Crippen LogP) is 6.29. The summed E-state index contributed by atoms with van der Waals surface area (Å²) >= 11 is 8.67. The fraction of sp³-hybridized carbons (Fsp3) is 0.0455. The zero-order chi connectivity index (χ0) is 18.5. The Balaban J connectivity index is 1.85. The number of halogens is 2. The molecule has 0 radical (unpaired) electrons. The van der Waals surface area contributed by atoms with Gasteiger partial charge in [-0.15, -0.1) is 0 Å². The number of anilines is 1. The van der Waals surface area contributed by atoms with Crippen molar-refractivity contribution in [1.82, 2.24) is 0 Å². The normalized spacial score (nSPS) is 17.8. The van der Waals surface area contributed by atoms with E-state index in [9.17, 15) is 4.79 Å². The van der Waals surface area contributed by atoms with Crippen LogP contribution in [0, 0.1) is 0 Å². The van der Waals surface area contributed by atoms with Crippen LogP contribution in [0.1, 0.15) is 33.3 Å². The molecule has 27 heavy (non-hydrogen) atoms. The van der Waals surface area contributed by atoms with Gasteiger partial charge in [-0.05, 0) is 51.9 Å². The lowest BCUT2D eigenvalue weighted by molar-refractivity contribution is 0.0277. The summed E-state index contributed by atoms with van der Waals surface area (Å²) in [4.78, 5) is 14.8. The highest BCUT2D eigenvalue weighted by Gasteiger charge is 2.41. The SMILES string of the molecule is O=C1OC2c3ccccc3C(I)=C(c3ccccc3)N2c2cc(Cl)ccc21. The van der Waals surface area contributed by atoms with Crippen LogP contribution in [0.15, 0.2) is 72.8 Å². The van der Waals surface area contributed by atoms with Crippen molar-refractivity contribution in [2.45, 2.75) is 6.23 Å². The molecule has 3 aromatic rings. The van der Waals surface area contributed by atoms with E-state index >= 15 is 0 Å².